The molecule has 154 valence electrons. The van der Waals surface area contributed by atoms with Crippen LogP contribution in [0.3, 0.4) is 0 Å². The zero-order valence-electron chi connectivity index (χ0n) is 16.5. The van der Waals surface area contributed by atoms with Crippen LogP contribution >= 0.6 is 31.9 Å². The molecule has 1 aliphatic rings. The van der Waals surface area contributed by atoms with Crippen LogP contribution in [0.1, 0.15) is 37.0 Å². The lowest BCUT2D eigenvalue weighted by Crippen LogP contribution is -2.44. The maximum atomic E-state index is 13.5. The smallest absolute Gasteiger partial charge is 0.135 e. The molecule has 2 heterocycles. The lowest BCUT2D eigenvalue weighted by atomic mass is 9.73. The number of rotatable bonds is 5. The van der Waals surface area contributed by atoms with Crippen molar-refractivity contribution in [3.8, 4) is 0 Å². The molecule has 4 rings (SSSR count). The Hall–Kier alpha value is -1.28. The normalized spacial score (nSPS) is 18.2. The van der Waals surface area contributed by atoms with Gasteiger partial charge in [-0.15, -0.1) is 0 Å². The number of hydrogen-bond donors (Lipinski definition) is 1. The molecule has 1 aliphatic heterocycles. The van der Waals surface area contributed by atoms with Crippen LogP contribution < -0.4 is 0 Å². The van der Waals surface area contributed by atoms with Crippen LogP contribution in [-0.2, 0) is 10.2 Å². The molecule has 1 saturated heterocycles. The van der Waals surface area contributed by atoms with Gasteiger partial charge in [-0.2, -0.15) is 5.10 Å². The summed E-state index contributed by atoms with van der Waals surface area (Å²) in [6.07, 6.45) is 1.87. The molecule has 0 radical (unpaired) electrons. The van der Waals surface area contributed by atoms with E-state index in [2.05, 4.69) is 67.0 Å². The Bertz CT molecular complexity index is 997. The van der Waals surface area contributed by atoms with Gasteiger partial charge in [0.25, 0.3) is 0 Å². The quantitative estimate of drug-likeness (QED) is 0.447. The van der Waals surface area contributed by atoms with E-state index in [4.69, 9.17) is 4.74 Å². The number of aromatic nitrogens is 2. The highest BCUT2D eigenvalue weighted by Gasteiger charge is 2.36. The summed E-state index contributed by atoms with van der Waals surface area (Å²) in [4.78, 5) is 2.34. The van der Waals surface area contributed by atoms with Crippen molar-refractivity contribution in [2.75, 3.05) is 26.7 Å². The molecule has 0 spiro atoms. The van der Waals surface area contributed by atoms with Crippen molar-refractivity contribution in [1.29, 1.82) is 0 Å². The molecule has 0 aliphatic carbocycles. The van der Waals surface area contributed by atoms with Gasteiger partial charge >= 0.3 is 0 Å². The van der Waals surface area contributed by atoms with Gasteiger partial charge in [-0.1, -0.05) is 28.1 Å². The van der Waals surface area contributed by atoms with Crippen molar-refractivity contribution in [2.24, 2.45) is 0 Å². The highest BCUT2D eigenvalue weighted by molar-refractivity contribution is 9.11. The fourth-order valence-corrected chi connectivity index (χ4v) is 5.02. The number of hydrogen-bond acceptors (Lipinski definition) is 3. The molecule has 1 aromatic heterocycles. The summed E-state index contributed by atoms with van der Waals surface area (Å²) in [7, 11) is 2.15. The number of nitrogens with one attached hydrogen (secondary N) is 1. The van der Waals surface area contributed by atoms with E-state index in [1.54, 1.807) is 12.1 Å². The van der Waals surface area contributed by atoms with Crippen LogP contribution in [0.25, 0.3) is 10.9 Å². The summed E-state index contributed by atoms with van der Waals surface area (Å²) in [6, 6.07) is 11.1. The van der Waals surface area contributed by atoms with Gasteiger partial charge in [0.15, 0.2) is 0 Å². The first kappa shape index (κ1) is 21.0. The van der Waals surface area contributed by atoms with Gasteiger partial charge in [0.05, 0.1) is 18.2 Å². The number of nitrogens with zero attached hydrogens (tertiary/aromatic N) is 2. The minimum absolute atomic E-state index is 0.103. The Kier molecular flexibility index (Phi) is 6.11. The SMILES string of the molecule is CC(OCC1(c2ccc(F)cc2)CCN(C)CC1)c1cc(Br)cc2c(Br)n[nH]c12. The van der Waals surface area contributed by atoms with E-state index in [1.165, 1.54) is 0 Å². The molecule has 1 fully saturated rings. The second-order valence-electron chi connectivity index (χ2n) is 7.98. The number of piperidine rings is 1. The minimum Gasteiger partial charge on any atom is -0.373 e. The molecular formula is C22H24Br2FN3O. The number of fused-ring (bicyclic) bond motifs is 1. The number of aromatic amines is 1. The van der Waals surface area contributed by atoms with Crippen LogP contribution in [-0.4, -0.2) is 41.8 Å². The van der Waals surface area contributed by atoms with Gasteiger partial charge in [0.2, 0.25) is 0 Å². The first-order valence-electron chi connectivity index (χ1n) is 9.77. The summed E-state index contributed by atoms with van der Waals surface area (Å²) in [5.74, 6) is -0.201. The van der Waals surface area contributed by atoms with Crippen LogP contribution in [0.2, 0.25) is 0 Å². The first-order valence-corrected chi connectivity index (χ1v) is 11.4. The Morgan fingerprint density at radius 1 is 1.21 bits per heavy atom. The van der Waals surface area contributed by atoms with Crippen molar-refractivity contribution in [3.05, 3.63) is 62.4 Å². The highest BCUT2D eigenvalue weighted by atomic mass is 79.9. The number of likely N-dealkylation sites (tertiary alicyclic amines) is 1. The lowest BCUT2D eigenvalue weighted by molar-refractivity contribution is 0.00694. The second kappa shape index (κ2) is 8.46. The van der Waals surface area contributed by atoms with E-state index in [9.17, 15) is 4.39 Å². The molecule has 7 heteroatoms. The molecule has 4 nitrogen and oxygen atoms in total. The van der Waals surface area contributed by atoms with Crippen LogP contribution in [0.4, 0.5) is 4.39 Å². The molecule has 0 amide bonds. The Morgan fingerprint density at radius 3 is 2.59 bits per heavy atom. The first-order chi connectivity index (χ1) is 13.9. The summed E-state index contributed by atoms with van der Waals surface area (Å²) in [5.41, 5.74) is 3.10. The Morgan fingerprint density at radius 2 is 1.90 bits per heavy atom. The van der Waals surface area contributed by atoms with E-state index >= 15 is 0 Å². The van der Waals surface area contributed by atoms with Crippen molar-refractivity contribution < 1.29 is 9.13 Å². The van der Waals surface area contributed by atoms with Gasteiger partial charge in [-0.05, 0) is 85.7 Å². The molecule has 1 N–H and O–H groups in total. The molecule has 0 saturated carbocycles. The number of benzene rings is 2. The summed E-state index contributed by atoms with van der Waals surface area (Å²) in [6.45, 7) is 4.67. The van der Waals surface area contributed by atoms with Gasteiger partial charge in [-0.25, -0.2) is 4.39 Å². The average molecular weight is 525 g/mol. The molecule has 1 atom stereocenters. The van der Waals surface area contributed by atoms with Crippen molar-refractivity contribution in [2.45, 2.75) is 31.3 Å². The maximum Gasteiger partial charge on any atom is 0.135 e. The number of ether oxygens (including phenoxy) is 1. The van der Waals surface area contributed by atoms with Crippen LogP contribution in [0.5, 0.6) is 0 Å². The van der Waals surface area contributed by atoms with Crippen molar-refractivity contribution >= 4 is 42.8 Å². The fraction of sp³-hybridized carbons (Fsp3) is 0.409. The molecule has 1 unspecified atom stereocenters. The molecule has 2 aromatic carbocycles. The van der Waals surface area contributed by atoms with E-state index in [-0.39, 0.29) is 17.3 Å². The third kappa shape index (κ3) is 4.29. The number of halogens is 3. The predicted octanol–water partition coefficient (Wildman–Crippen LogP) is 5.97. The van der Waals surface area contributed by atoms with Gasteiger partial charge in [0, 0.05) is 20.8 Å². The van der Waals surface area contributed by atoms with E-state index < -0.39 is 0 Å². The third-order valence-electron chi connectivity index (χ3n) is 6.07. The summed E-state index contributed by atoms with van der Waals surface area (Å²) >= 11 is 7.10. The predicted molar refractivity (Wildman–Crippen MR) is 121 cm³/mol. The van der Waals surface area contributed by atoms with Crippen molar-refractivity contribution in [1.82, 2.24) is 15.1 Å². The summed E-state index contributed by atoms with van der Waals surface area (Å²) < 4.78 is 21.8. The molecule has 3 aromatic rings. The Labute approximate surface area is 187 Å². The largest absolute Gasteiger partial charge is 0.373 e. The zero-order valence-corrected chi connectivity index (χ0v) is 19.7. The van der Waals surface area contributed by atoms with Crippen LogP contribution in [0.15, 0.2) is 45.5 Å². The summed E-state index contributed by atoms with van der Waals surface area (Å²) in [5, 5.41) is 8.42. The maximum absolute atomic E-state index is 13.5. The van der Waals surface area contributed by atoms with Gasteiger partial charge in [-0.3, -0.25) is 5.10 Å². The average Bonchev–Trinajstić information content (AvgIpc) is 3.08. The Balaban J connectivity index is 1.60. The van der Waals surface area contributed by atoms with Crippen molar-refractivity contribution in [3.63, 3.8) is 0 Å². The monoisotopic (exact) mass is 523 g/mol. The van der Waals surface area contributed by atoms with Gasteiger partial charge in [0.1, 0.15) is 10.4 Å². The molecule has 0 bridgehead atoms. The zero-order chi connectivity index (χ0) is 20.6. The minimum atomic E-state index is -0.201. The lowest BCUT2D eigenvalue weighted by Gasteiger charge is -2.41. The van der Waals surface area contributed by atoms with Gasteiger partial charge < -0.3 is 9.64 Å². The standard InChI is InChI=1S/C22H24Br2FN3O/c1-14(18-11-16(23)12-19-20(18)26-27-21(19)24)29-13-22(7-9-28(2)10-8-22)15-3-5-17(25)6-4-15/h3-6,11-12,14H,7-10,13H2,1-2H3,(H,26,27). The fourth-order valence-electron chi connectivity index (χ4n) is 4.14. The highest BCUT2D eigenvalue weighted by Crippen LogP contribution is 2.38. The number of H-pyrrole nitrogens is 1. The van der Waals surface area contributed by atoms with E-state index in [0.717, 1.165) is 57.0 Å². The molecule has 29 heavy (non-hydrogen) atoms. The third-order valence-corrected chi connectivity index (χ3v) is 7.13. The molecular weight excluding hydrogens is 501 g/mol. The van der Waals surface area contributed by atoms with Crippen LogP contribution in [0, 0.1) is 5.82 Å². The van der Waals surface area contributed by atoms with E-state index in [0.29, 0.717) is 6.61 Å². The topological polar surface area (TPSA) is 41.1 Å². The second-order valence-corrected chi connectivity index (χ2v) is 9.64. The van der Waals surface area contributed by atoms with E-state index in [1.807, 2.05) is 18.2 Å².